The Morgan fingerprint density at radius 3 is 2.20 bits per heavy atom. The highest BCUT2D eigenvalue weighted by Gasteiger charge is 2.26. The van der Waals surface area contributed by atoms with Crippen LogP contribution in [-0.2, 0) is 19.6 Å². The number of nitrogens with one attached hydrogen (secondary N) is 1. The predicted molar refractivity (Wildman–Crippen MR) is 84.8 cm³/mol. The lowest BCUT2D eigenvalue weighted by molar-refractivity contribution is -0.156. The summed E-state index contributed by atoms with van der Waals surface area (Å²) in [5.74, 6) is -0.605. The quantitative estimate of drug-likeness (QED) is 0.610. The number of halogens is 1. The second-order valence-electron chi connectivity index (χ2n) is 5.33. The molecule has 0 unspecified atom stereocenters. The highest BCUT2D eigenvalue weighted by molar-refractivity contribution is 14.1. The summed E-state index contributed by atoms with van der Waals surface area (Å²) in [4.78, 5) is 11.9. The Morgan fingerprint density at radius 2 is 1.75 bits per heavy atom. The van der Waals surface area contributed by atoms with Gasteiger partial charge >= 0.3 is 5.97 Å². The van der Waals surface area contributed by atoms with Crippen LogP contribution in [0.2, 0.25) is 0 Å². The lowest BCUT2D eigenvalue weighted by atomic mass is 10.2. The molecule has 1 aromatic rings. The second kappa shape index (κ2) is 6.40. The molecule has 1 atom stereocenters. The minimum atomic E-state index is -3.73. The molecule has 7 heteroatoms. The van der Waals surface area contributed by atoms with E-state index in [2.05, 4.69) is 27.3 Å². The Bertz CT molecular complexity index is 575. The summed E-state index contributed by atoms with van der Waals surface area (Å²) in [6.07, 6.45) is 0. The van der Waals surface area contributed by atoms with Crippen molar-refractivity contribution in [3.8, 4) is 0 Å². The Labute approximate surface area is 133 Å². The largest absolute Gasteiger partial charge is 0.459 e. The molecule has 0 radical (unpaired) electrons. The van der Waals surface area contributed by atoms with Crippen molar-refractivity contribution in [3.05, 3.63) is 27.8 Å². The zero-order chi connectivity index (χ0) is 15.6. The average molecular weight is 411 g/mol. The fraction of sp³-hybridized carbons (Fsp3) is 0.462. The number of ether oxygens (including phenoxy) is 1. The van der Waals surface area contributed by atoms with Crippen molar-refractivity contribution < 1.29 is 17.9 Å². The van der Waals surface area contributed by atoms with Gasteiger partial charge in [0.25, 0.3) is 0 Å². The van der Waals surface area contributed by atoms with Crippen molar-refractivity contribution in [1.29, 1.82) is 0 Å². The van der Waals surface area contributed by atoms with E-state index in [4.69, 9.17) is 4.74 Å². The normalized spacial score (nSPS) is 13.8. The fourth-order valence-electron chi connectivity index (χ4n) is 1.35. The van der Waals surface area contributed by atoms with Gasteiger partial charge in [-0.15, -0.1) is 0 Å². The number of hydrogen-bond donors (Lipinski definition) is 1. The van der Waals surface area contributed by atoms with Gasteiger partial charge < -0.3 is 4.74 Å². The lowest BCUT2D eigenvalue weighted by Gasteiger charge is -2.22. The minimum absolute atomic E-state index is 0.119. The van der Waals surface area contributed by atoms with Crippen LogP contribution >= 0.6 is 22.6 Å². The van der Waals surface area contributed by atoms with Gasteiger partial charge in [-0.05, 0) is 74.6 Å². The van der Waals surface area contributed by atoms with Crippen LogP contribution in [0, 0.1) is 3.57 Å². The van der Waals surface area contributed by atoms with Crippen LogP contribution in [0.1, 0.15) is 27.7 Å². The fourth-order valence-corrected chi connectivity index (χ4v) is 2.90. The van der Waals surface area contributed by atoms with E-state index < -0.39 is 27.6 Å². The molecule has 0 aliphatic rings. The molecule has 1 aromatic carbocycles. The summed E-state index contributed by atoms with van der Waals surface area (Å²) in [5.41, 5.74) is -0.653. The van der Waals surface area contributed by atoms with Crippen LogP contribution in [0.25, 0.3) is 0 Å². The van der Waals surface area contributed by atoms with Gasteiger partial charge in [0.2, 0.25) is 10.0 Å². The second-order valence-corrected chi connectivity index (χ2v) is 8.29. The first-order chi connectivity index (χ1) is 9.01. The average Bonchev–Trinajstić information content (AvgIpc) is 2.26. The van der Waals surface area contributed by atoms with Crippen LogP contribution < -0.4 is 4.72 Å². The number of sulfonamides is 1. The topological polar surface area (TPSA) is 72.5 Å². The van der Waals surface area contributed by atoms with Gasteiger partial charge in [-0.2, -0.15) is 4.72 Å². The molecule has 0 amide bonds. The number of esters is 1. The Balaban J connectivity index is 2.81. The van der Waals surface area contributed by atoms with Crippen molar-refractivity contribution in [1.82, 2.24) is 4.72 Å². The maximum Gasteiger partial charge on any atom is 0.324 e. The number of benzene rings is 1. The highest BCUT2D eigenvalue weighted by Crippen LogP contribution is 2.13. The lowest BCUT2D eigenvalue weighted by Crippen LogP contribution is -2.42. The van der Waals surface area contributed by atoms with E-state index in [0.717, 1.165) is 3.57 Å². The van der Waals surface area contributed by atoms with E-state index in [1.165, 1.54) is 19.1 Å². The number of rotatable bonds is 4. The third kappa shape index (κ3) is 5.37. The molecule has 1 N–H and O–H groups in total. The summed E-state index contributed by atoms with van der Waals surface area (Å²) < 4.78 is 32.6. The molecule has 112 valence electrons. The van der Waals surface area contributed by atoms with E-state index in [1.54, 1.807) is 32.9 Å². The van der Waals surface area contributed by atoms with Gasteiger partial charge in [0.05, 0.1) is 4.90 Å². The summed E-state index contributed by atoms with van der Waals surface area (Å²) in [5, 5.41) is 0. The van der Waals surface area contributed by atoms with Crippen molar-refractivity contribution in [3.63, 3.8) is 0 Å². The molecule has 0 saturated heterocycles. The molecule has 0 heterocycles. The molecule has 5 nitrogen and oxygen atoms in total. The SMILES string of the molecule is C[C@H](NS(=O)(=O)c1ccc(I)cc1)C(=O)OC(C)(C)C. The molecular formula is C13H18INO4S. The van der Waals surface area contributed by atoms with Crippen molar-refractivity contribution >= 4 is 38.6 Å². The number of carbonyl (C=O) groups is 1. The smallest absolute Gasteiger partial charge is 0.324 e. The van der Waals surface area contributed by atoms with E-state index in [0.29, 0.717) is 0 Å². The number of carbonyl (C=O) groups excluding carboxylic acids is 1. The Kier molecular flexibility index (Phi) is 5.56. The van der Waals surface area contributed by atoms with Crippen LogP contribution in [0.3, 0.4) is 0 Å². The maximum atomic E-state index is 12.1. The van der Waals surface area contributed by atoms with Gasteiger partial charge in [-0.1, -0.05) is 0 Å². The van der Waals surface area contributed by atoms with Crippen LogP contribution in [0.4, 0.5) is 0 Å². The monoisotopic (exact) mass is 411 g/mol. The first kappa shape index (κ1) is 17.4. The van der Waals surface area contributed by atoms with Gasteiger partial charge in [0.1, 0.15) is 11.6 Å². The van der Waals surface area contributed by atoms with Gasteiger partial charge in [0, 0.05) is 3.57 Å². The molecule has 0 saturated carbocycles. The Hall–Kier alpha value is -0.670. The Morgan fingerprint density at radius 1 is 1.25 bits per heavy atom. The van der Waals surface area contributed by atoms with Crippen LogP contribution in [-0.4, -0.2) is 26.0 Å². The molecule has 0 fully saturated rings. The van der Waals surface area contributed by atoms with E-state index in [9.17, 15) is 13.2 Å². The molecule has 0 aliphatic heterocycles. The molecule has 20 heavy (non-hydrogen) atoms. The van der Waals surface area contributed by atoms with Gasteiger partial charge in [-0.25, -0.2) is 8.42 Å². The van der Waals surface area contributed by atoms with E-state index in [-0.39, 0.29) is 4.90 Å². The third-order valence-corrected chi connectivity index (χ3v) is 4.49. The maximum absolute atomic E-state index is 12.1. The molecular weight excluding hydrogens is 393 g/mol. The van der Waals surface area contributed by atoms with Crippen LogP contribution in [0.15, 0.2) is 29.2 Å². The predicted octanol–water partition coefficient (Wildman–Crippen LogP) is 2.30. The number of hydrogen-bond acceptors (Lipinski definition) is 4. The van der Waals surface area contributed by atoms with Crippen molar-refractivity contribution in [2.24, 2.45) is 0 Å². The minimum Gasteiger partial charge on any atom is -0.459 e. The molecule has 0 aromatic heterocycles. The zero-order valence-electron chi connectivity index (χ0n) is 11.8. The highest BCUT2D eigenvalue weighted by atomic mass is 127. The van der Waals surface area contributed by atoms with Crippen LogP contribution in [0.5, 0.6) is 0 Å². The summed E-state index contributed by atoms with van der Waals surface area (Å²) in [7, 11) is -3.73. The van der Waals surface area contributed by atoms with Crippen molar-refractivity contribution in [2.75, 3.05) is 0 Å². The van der Waals surface area contributed by atoms with Gasteiger partial charge in [0.15, 0.2) is 0 Å². The molecule has 0 spiro atoms. The molecule has 1 rings (SSSR count). The van der Waals surface area contributed by atoms with Gasteiger partial charge in [-0.3, -0.25) is 4.79 Å². The van der Waals surface area contributed by atoms with Crippen molar-refractivity contribution in [2.45, 2.75) is 44.2 Å². The van der Waals surface area contributed by atoms with E-state index >= 15 is 0 Å². The zero-order valence-corrected chi connectivity index (χ0v) is 14.8. The third-order valence-electron chi connectivity index (χ3n) is 2.22. The standard InChI is InChI=1S/C13H18INO4S/c1-9(12(16)19-13(2,3)4)15-20(17,18)11-7-5-10(14)6-8-11/h5-9,15H,1-4H3/t9-/m0/s1. The first-order valence-electron chi connectivity index (χ1n) is 6.02. The summed E-state index contributed by atoms with van der Waals surface area (Å²) in [6.45, 7) is 6.64. The summed E-state index contributed by atoms with van der Waals surface area (Å²) >= 11 is 2.09. The molecule has 0 bridgehead atoms. The summed E-state index contributed by atoms with van der Waals surface area (Å²) in [6, 6.07) is 5.41. The first-order valence-corrected chi connectivity index (χ1v) is 8.58. The van der Waals surface area contributed by atoms with E-state index in [1.807, 2.05) is 0 Å². The molecule has 0 aliphatic carbocycles.